The van der Waals surface area contributed by atoms with E-state index in [1.165, 1.54) is 27.7 Å². The smallest absolute Gasteiger partial charge is 0.261 e. The van der Waals surface area contributed by atoms with Crippen molar-refractivity contribution in [1.29, 1.82) is 0 Å². The molecule has 0 spiro atoms. The van der Waals surface area contributed by atoms with E-state index in [-0.39, 0.29) is 18.0 Å². The van der Waals surface area contributed by atoms with Crippen LogP contribution in [0.3, 0.4) is 0 Å². The Balaban J connectivity index is 1.75. The highest BCUT2D eigenvalue weighted by Crippen LogP contribution is 2.40. The summed E-state index contributed by atoms with van der Waals surface area (Å²) in [6, 6.07) is 13.4. The monoisotopic (exact) mass is 408 g/mol. The van der Waals surface area contributed by atoms with Gasteiger partial charge in [0.2, 0.25) is 11.7 Å². The van der Waals surface area contributed by atoms with Gasteiger partial charge in [-0.25, -0.2) is 4.68 Å². The van der Waals surface area contributed by atoms with E-state index >= 15 is 0 Å². The molecule has 2 aromatic carbocycles. The molecule has 0 radical (unpaired) electrons. The van der Waals surface area contributed by atoms with Crippen molar-refractivity contribution in [1.82, 2.24) is 14.8 Å². The molecule has 2 atom stereocenters. The zero-order chi connectivity index (χ0) is 21.3. The number of methoxy groups -OCH3 is 3. The second-order valence-electron chi connectivity index (χ2n) is 7.10. The number of aromatic nitrogens is 3. The van der Waals surface area contributed by atoms with E-state index in [4.69, 9.17) is 14.2 Å². The summed E-state index contributed by atoms with van der Waals surface area (Å²) < 4.78 is 18.0. The highest BCUT2D eigenvalue weighted by Gasteiger charge is 2.37. The fraction of sp³-hybridized carbons (Fsp3) is 0.318. The molecule has 0 fully saturated rings. The first-order valence-corrected chi connectivity index (χ1v) is 9.67. The molecular weight excluding hydrogens is 384 g/mol. The highest BCUT2D eigenvalue weighted by molar-refractivity contribution is 6.06. The Kier molecular flexibility index (Phi) is 5.31. The first-order chi connectivity index (χ1) is 14.6. The molecule has 0 aliphatic carbocycles. The number of anilines is 1. The van der Waals surface area contributed by atoms with Crippen LogP contribution in [0.5, 0.6) is 17.2 Å². The minimum absolute atomic E-state index is 0.0164. The van der Waals surface area contributed by atoms with Crippen molar-refractivity contribution in [2.75, 3.05) is 26.2 Å². The third kappa shape index (κ3) is 3.24. The third-order valence-electron chi connectivity index (χ3n) is 5.38. The summed E-state index contributed by atoms with van der Waals surface area (Å²) in [5.74, 6) is 1.60. The summed E-state index contributed by atoms with van der Waals surface area (Å²) in [6.45, 7) is 2.02. The molecule has 0 saturated heterocycles. The van der Waals surface area contributed by atoms with Crippen LogP contribution in [-0.4, -0.2) is 48.0 Å². The normalized spacial score (nSPS) is 17.9. The lowest BCUT2D eigenvalue weighted by atomic mass is 9.97. The Hall–Kier alpha value is -3.55. The van der Waals surface area contributed by atoms with E-state index in [1.54, 1.807) is 17.0 Å². The Morgan fingerprint density at radius 1 is 1.03 bits per heavy atom. The van der Waals surface area contributed by atoms with Gasteiger partial charge in [-0.05, 0) is 31.0 Å². The molecule has 4 rings (SSSR count). The molecule has 30 heavy (non-hydrogen) atoms. The van der Waals surface area contributed by atoms with Crippen LogP contribution in [0, 0.1) is 0 Å². The molecule has 1 aliphatic heterocycles. The standard InChI is InChI=1S/C22H24N4O4/c1-14-10-17(15-8-6-5-7-9-15)26-22(23-13-24-26)25(14)21(27)16-11-18(28-2)20(30-4)19(12-16)29-3/h5-9,11-14,17H,10H2,1-4H3/t14-,17-/m0/s1. The quantitative estimate of drug-likeness (QED) is 0.644. The molecule has 1 aliphatic rings. The molecular formula is C22H24N4O4. The van der Waals surface area contributed by atoms with Gasteiger partial charge in [0.25, 0.3) is 5.91 Å². The predicted molar refractivity (Wildman–Crippen MR) is 112 cm³/mol. The maximum Gasteiger partial charge on any atom is 0.261 e. The zero-order valence-corrected chi connectivity index (χ0v) is 17.4. The van der Waals surface area contributed by atoms with Crippen LogP contribution >= 0.6 is 0 Å². The highest BCUT2D eigenvalue weighted by atomic mass is 16.5. The Morgan fingerprint density at radius 3 is 2.30 bits per heavy atom. The van der Waals surface area contributed by atoms with Crippen LogP contribution in [0.4, 0.5) is 5.95 Å². The molecule has 2 heterocycles. The van der Waals surface area contributed by atoms with Crippen molar-refractivity contribution in [2.45, 2.75) is 25.4 Å². The molecule has 1 aromatic heterocycles. The lowest BCUT2D eigenvalue weighted by molar-refractivity contribution is 0.0965. The SMILES string of the molecule is COc1cc(C(=O)N2c3ncnn3[C@H](c3ccccc3)C[C@@H]2C)cc(OC)c1OC. The number of benzene rings is 2. The Bertz CT molecular complexity index is 1030. The maximum atomic E-state index is 13.5. The van der Waals surface area contributed by atoms with E-state index in [1.807, 2.05) is 29.8 Å². The number of fused-ring (bicyclic) bond motifs is 1. The van der Waals surface area contributed by atoms with Crippen LogP contribution < -0.4 is 19.1 Å². The lowest BCUT2D eigenvalue weighted by Crippen LogP contribution is -2.46. The molecule has 3 aromatic rings. The van der Waals surface area contributed by atoms with Crippen LogP contribution in [-0.2, 0) is 0 Å². The van der Waals surface area contributed by atoms with Gasteiger partial charge in [-0.2, -0.15) is 10.1 Å². The van der Waals surface area contributed by atoms with Gasteiger partial charge in [-0.15, -0.1) is 0 Å². The second kappa shape index (κ2) is 8.06. The van der Waals surface area contributed by atoms with Crippen molar-refractivity contribution >= 4 is 11.9 Å². The maximum absolute atomic E-state index is 13.5. The molecule has 0 unspecified atom stereocenters. The number of nitrogens with zero attached hydrogens (tertiary/aromatic N) is 4. The zero-order valence-electron chi connectivity index (χ0n) is 17.4. The van der Waals surface area contributed by atoms with Crippen LogP contribution in [0.15, 0.2) is 48.8 Å². The summed E-state index contributed by atoms with van der Waals surface area (Å²) in [7, 11) is 4.58. The van der Waals surface area contributed by atoms with Gasteiger partial charge in [0.15, 0.2) is 11.5 Å². The van der Waals surface area contributed by atoms with Gasteiger partial charge in [0.05, 0.1) is 27.4 Å². The van der Waals surface area contributed by atoms with Crippen LogP contribution in [0.25, 0.3) is 0 Å². The van der Waals surface area contributed by atoms with E-state index in [0.29, 0.717) is 28.8 Å². The van der Waals surface area contributed by atoms with Gasteiger partial charge >= 0.3 is 0 Å². The summed E-state index contributed by atoms with van der Waals surface area (Å²) in [6.07, 6.45) is 2.20. The van der Waals surface area contributed by atoms with Crippen LogP contribution in [0.2, 0.25) is 0 Å². The van der Waals surface area contributed by atoms with E-state index in [2.05, 4.69) is 22.2 Å². The Labute approximate surface area is 175 Å². The second-order valence-corrected chi connectivity index (χ2v) is 7.10. The number of ether oxygens (including phenoxy) is 3. The van der Waals surface area contributed by atoms with E-state index in [0.717, 1.165) is 12.0 Å². The van der Waals surface area contributed by atoms with Crippen molar-refractivity contribution in [3.63, 3.8) is 0 Å². The minimum Gasteiger partial charge on any atom is -0.493 e. The molecule has 156 valence electrons. The molecule has 0 N–H and O–H groups in total. The average molecular weight is 408 g/mol. The number of carbonyl (C=O) groups excluding carboxylic acids is 1. The van der Waals surface area contributed by atoms with Crippen LogP contribution in [0.1, 0.15) is 35.3 Å². The van der Waals surface area contributed by atoms with E-state index in [9.17, 15) is 4.79 Å². The topological polar surface area (TPSA) is 78.7 Å². The summed E-state index contributed by atoms with van der Waals surface area (Å²) in [5, 5.41) is 4.41. The van der Waals surface area contributed by atoms with Gasteiger partial charge in [-0.1, -0.05) is 30.3 Å². The molecule has 8 nitrogen and oxygen atoms in total. The molecule has 0 bridgehead atoms. The first kappa shape index (κ1) is 19.8. The van der Waals surface area contributed by atoms with Crippen molar-refractivity contribution in [3.8, 4) is 17.2 Å². The number of carbonyl (C=O) groups is 1. The summed E-state index contributed by atoms with van der Waals surface area (Å²) >= 11 is 0. The number of amides is 1. The molecule has 0 saturated carbocycles. The fourth-order valence-electron chi connectivity index (χ4n) is 3.95. The largest absolute Gasteiger partial charge is 0.493 e. The van der Waals surface area contributed by atoms with Crippen molar-refractivity contribution < 1.29 is 19.0 Å². The van der Waals surface area contributed by atoms with Crippen molar-refractivity contribution in [3.05, 3.63) is 59.9 Å². The van der Waals surface area contributed by atoms with Crippen molar-refractivity contribution in [2.24, 2.45) is 0 Å². The number of hydrogen-bond acceptors (Lipinski definition) is 6. The number of hydrogen-bond donors (Lipinski definition) is 0. The van der Waals surface area contributed by atoms with Gasteiger partial charge in [0.1, 0.15) is 6.33 Å². The summed E-state index contributed by atoms with van der Waals surface area (Å²) in [5.41, 5.74) is 1.56. The number of rotatable bonds is 5. The fourth-order valence-corrected chi connectivity index (χ4v) is 3.95. The first-order valence-electron chi connectivity index (χ1n) is 9.67. The van der Waals surface area contributed by atoms with Gasteiger partial charge < -0.3 is 14.2 Å². The van der Waals surface area contributed by atoms with Gasteiger partial charge in [0, 0.05) is 11.6 Å². The molecule has 1 amide bonds. The van der Waals surface area contributed by atoms with E-state index < -0.39 is 0 Å². The average Bonchev–Trinajstić information content (AvgIpc) is 3.27. The Morgan fingerprint density at radius 2 is 1.70 bits per heavy atom. The minimum atomic E-state index is -0.206. The lowest BCUT2D eigenvalue weighted by Gasteiger charge is -2.37. The van der Waals surface area contributed by atoms with Gasteiger partial charge in [-0.3, -0.25) is 9.69 Å². The summed E-state index contributed by atoms with van der Waals surface area (Å²) in [4.78, 5) is 19.6. The predicted octanol–water partition coefficient (Wildman–Crippen LogP) is 3.33. The molecule has 8 heteroatoms. The third-order valence-corrected chi connectivity index (χ3v) is 5.38.